The molecule has 0 spiro atoms. The van der Waals surface area contributed by atoms with Crippen LogP contribution >= 0.6 is 0 Å². The number of hydrogen-bond acceptors (Lipinski definition) is 3. The molecule has 14 heavy (non-hydrogen) atoms. The fourth-order valence-corrected chi connectivity index (χ4v) is 0.989. The minimum absolute atomic E-state index is 0.0799. The number of carbonyl (C=O) groups excluding carboxylic acids is 1. The Morgan fingerprint density at radius 1 is 1.50 bits per heavy atom. The molecule has 0 amide bonds. The van der Waals surface area contributed by atoms with E-state index in [1.807, 2.05) is 0 Å². The Hall–Kier alpha value is -0.710. The van der Waals surface area contributed by atoms with Crippen LogP contribution in [0.4, 0.5) is 8.78 Å². The first kappa shape index (κ1) is 13.3. The maximum atomic E-state index is 12.4. The molecule has 5 heteroatoms. The number of rotatable bonds is 5. The Bertz CT molecular complexity index is 195. The lowest BCUT2D eigenvalue weighted by molar-refractivity contribution is -0.146. The first-order valence-electron chi connectivity index (χ1n) is 4.51. The molecule has 1 atom stereocenters. The standard InChI is InChI=1S/C9H17F2NO2/c1-4-14-7(13)6(12)5-9(2,3)8(10)11/h6,8H,4-5,12H2,1-3H3/t6-/m0/s1. The molecule has 0 saturated carbocycles. The number of nitrogens with two attached hydrogens (primary N) is 1. The molecule has 0 radical (unpaired) electrons. The van der Waals surface area contributed by atoms with Gasteiger partial charge in [-0.2, -0.15) is 0 Å². The van der Waals surface area contributed by atoms with Gasteiger partial charge in [0.1, 0.15) is 6.04 Å². The van der Waals surface area contributed by atoms with Gasteiger partial charge >= 0.3 is 5.97 Å². The van der Waals surface area contributed by atoms with Crippen LogP contribution in [-0.2, 0) is 9.53 Å². The molecule has 0 fully saturated rings. The molecule has 0 heterocycles. The second-order valence-corrected chi connectivity index (χ2v) is 3.85. The molecule has 0 aromatic carbocycles. The molecule has 0 aliphatic heterocycles. The van der Waals surface area contributed by atoms with Gasteiger partial charge in [0, 0.05) is 5.41 Å². The van der Waals surface area contributed by atoms with Gasteiger partial charge in [-0.15, -0.1) is 0 Å². The van der Waals surface area contributed by atoms with Crippen molar-refractivity contribution in [3.05, 3.63) is 0 Å². The first-order valence-corrected chi connectivity index (χ1v) is 4.51. The number of alkyl halides is 2. The van der Waals surface area contributed by atoms with Gasteiger partial charge in [-0.05, 0) is 13.3 Å². The minimum atomic E-state index is -2.50. The van der Waals surface area contributed by atoms with E-state index in [1.165, 1.54) is 13.8 Å². The molecule has 0 aliphatic rings. The van der Waals surface area contributed by atoms with Crippen LogP contribution in [0.1, 0.15) is 27.2 Å². The summed E-state index contributed by atoms with van der Waals surface area (Å²) in [7, 11) is 0. The summed E-state index contributed by atoms with van der Waals surface area (Å²) in [5.74, 6) is -0.624. The molecule has 0 bridgehead atoms. The van der Waals surface area contributed by atoms with Gasteiger partial charge in [-0.1, -0.05) is 13.8 Å². The zero-order chi connectivity index (χ0) is 11.4. The van der Waals surface area contributed by atoms with Crippen molar-refractivity contribution in [1.29, 1.82) is 0 Å². The molecule has 0 unspecified atom stereocenters. The maximum Gasteiger partial charge on any atom is 0.322 e. The van der Waals surface area contributed by atoms with Gasteiger partial charge < -0.3 is 10.5 Å². The summed E-state index contributed by atoms with van der Waals surface area (Å²) < 4.78 is 29.4. The van der Waals surface area contributed by atoms with Gasteiger partial charge in [0.15, 0.2) is 0 Å². The average Bonchev–Trinajstić information content (AvgIpc) is 2.03. The molecule has 0 rings (SSSR count). The molecule has 0 saturated heterocycles. The van der Waals surface area contributed by atoms with Gasteiger partial charge in [-0.25, -0.2) is 8.78 Å². The fourth-order valence-electron chi connectivity index (χ4n) is 0.989. The molecule has 0 aromatic rings. The largest absolute Gasteiger partial charge is 0.465 e. The smallest absolute Gasteiger partial charge is 0.322 e. The van der Waals surface area contributed by atoms with Crippen molar-refractivity contribution in [2.45, 2.75) is 39.7 Å². The van der Waals surface area contributed by atoms with E-state index in [4.69, 9.17) is 5.73 Å². The van der Waals surface area contributed by atoms with Crippen LogP contribution in [0.3, 0.4) is 0 Å². The highest BCUT2D eigenvalue weighted by atomic mass is 19.3. The van der Waals surface area contributed by atoms with E-state index in [-0.39, 0.29) is 13.0 Å². The van der Waals surface area contributed by atoms with E-state index in [9.17, 15) is 13.6 Å². The maximum absolute atomic E-state index is 12.4. The topological polar surface area (TPSA) is 52.3 Å². The van der Waals surface area contributed by atoms with Crippen molar-refractivity contribution in [2.75, 3.05) is 6.61 Å². The quantitative estimate of drug-likeness (QED) is 0.699. The van der Waals surface area contributed by atoms with Crippen molar-refractivity contribution in [2.24, 2.45) is 11.1 Å². The Labute approximate surface area is 82.6 Å². The molecular weight excluding hydrogens is 192 g/mol. The summed E-state index contributed by atoms with van der Waals surface area (Å²) in [6, 6.07) is -0.973. The van der Waals surface area contributed by atoms with Crippen LogP contribution in [0.2, 0.25) is 0 Å². The minimum Gasteiger partial charge on any atom is -0.465 e. The highest BCUT2D eigenvalue weighted by molar-refractivity contribution is 5.75. The third-order valence-corrected chi connectivity index (χ3v) is 1.93. The summed E-state index contributed by atoms with van der Waals surface area (Å²) in [4.78, 5) is 11.1. The zero-order valence-corrected chi connectivity index (χ0v) is 8.72. The van der Waals surface area contributed by atoms with Gasteiger partial charge in [0.2, 0.25) is 6.43 Å². The van der Waals surface area contributed by atoms with Crippen LogP contribution in [0, 0.1) is 5.41 Å². The highest BCUT2D eigenvalue weighted by Crippen LogP contribution is 2.29. The molecular formula is C9H17F2NO2. The molecule has 2 N–H and O–H groups in total. The lowest BCUT2D eigenvalue weighted by Gasteiger charge is -2.25. The van der Waals surface area contributed by atoms with E-state index in [2.05, 4.69) is 4.74 Å². The summed E-state index contributed by atoms with van der Waals surface area (Å²) in [5, 5.41) is 0. The first-order chi connectivity index (χ1) is 6.31. The van der Waals surface area contributed by atoms with Crippen LogP contribution in [-0.4, -0.2) is 25.0 Å². The van der Waals surface area contributed by atoms with Crippen LogP contribution < -0.4 is 5.73 Å². The number of halogens is 2. The highest BCUT2D eigenvalue weighted by Gasteiger charge is 2.33. The SMILES string of the molecule is CCOC(=O)[C@@H](N)CC(C)(C)C(F)F. The van der Waals surface area contributed by atoms with E-state index in [0.717, 1.165) is 0 Å². The average molecular weight is 209 g/mol. The Kier molecular flexibility index (Phi) is 4.97. The van der Waals surface area contributed by atoms with Crippen LogP contribution in [0.25, 0.3) is 0 Å². The number of esters is 1. The number of carbonyl (C=O) groups is 1. The van der Waals surface area contributed by atoms with E-state index >= 15 is 0 Å². The summed E-state index contributed by atoms with van der Waals surface area (Å²) in [6.07, 6.45) is -2.58. The summed E-state index contributed by atoms with van der Waals surface area (Å²) >= 11 is 0. The van der Waals surface area contributed by atoms with Crippen molar-refractivity contribution >= 4 is 5.97 Å². The van der Waals surface area contributed by atoms with Crippen LogP contribution in [0.5, 0.6) is 0 Å². The molecule has 0 aliphatic carbocycles. The summed E-state index contributed by atoms with van der Waals surface area (Å²) in [5.41, 5.74) is 4.16. The van der Waals surface area contributed by atoms with Crippen LogP contribution in [0.15, 0.2) is 0 Å². The van der Waals surface area contributed by atoms with E-state index in [1.54, 1.807) is 6.92 Å². The number of hydrogen-bond donors (Lipinski definition) is 1. The third kappa shape index (κ3) is 4.00. The van der Waals surface area contributed by atoms with Gasteiger partial charge in [0.05, 0.1) is 6.61 Å². The fraction of sp³-hybridized carbons (Fsp3) is 0.889. The second-order valence-electron chi connectivity index (χ2n) is 3.85. The lowest BCUT2D eigenvalue weighted by atomic mass is 9.86. The van der Waals surface area contributed by atoms with E-state index < -0.39 is 23.9 Å². The second kappa shape index (κ2) is 5.24. The normalized spacial score (nSPS) is 14.2. The zero-order valence-electron chi connectivity index (χ0n) is 8.72. The monoisotopic (exact) mass is 209 g/mol. The molecule has 84 valence electrons. The van der Waals surface area contributed by atoms with Crippen molar-refractivity contribution in [3.8, 4) is 0 Å². The Morgan fingerprint density at radius 3 is 2.36 bits per heavy atom. The molecule has 0 aromatic heterocycles. The Morgan fingerprint density at radius 2 is 2.00 bits per heavy atom. The van der Waals surface area contributed by atoms with Gasteiger partial charge in [-0.3, -0.25) is 4.79 Å². The lowest BCUT2D eigenvalue weighted by Crippen LogP contribution is -2.39. The predicted octanol–water partition coefficient (Wildman–Crippen LogP) is 1.56. The predicted molar refractivity (Wildman–Crippen MR) is 49.0 cm³/mol. The van der Waals surface area contributed by atoms with Crippen molar-refractivity contribution in [1.82, 2.24) is 0 Å². The molecule has 3 nitrogen and oxygen atoms in total. The Balaban J connectivity index is 4.17. The van der Waals surface area contributed by atoms with Crippen molar-refractivity contribution in [3.63, 3.8) is 0 Å². The van der Waals surface area contributed by atoms with Crippen molar-refractivity contribution < 1.29 is 18.3 Å². The van der Waals surface area contributed by atoms with Gasteiger partial charge in [0.25, 0.3) is 0 Å². The summed E-state index contributed by atoms with van der Waals surface area (Å²) in [6.45, 7) is 4.60. The third-order valence-electron chi connectivity index (χ3n) is 1.93. The number of ether oxygens (including phenoxy) is 1. The van der Waals surface area contributed by atoms with E-state index in [0.29, 0.717) is 0 Å².